The predicted molar refractivity (Wildman–Crippen MR) is 123 cm³/mol. The molecular weight excluding hydrogens is 434 g/mol. The molecule has 2 heterocycles. The quantitative estimate of drug-likeness (QED) is 0.279. The zero-order valence-electron chi connectivity index (χ0n) is 16.9. The minimum atomic E-state index is -0.471. The third-order valence-electron chi connectivity index (χ3n) is 4.98. The molecule has 0 aliphatic carbocycles. The first-order valence-electron chi connectivity index (χ1n) is 9.87. The van der Waals surface area contributed by atoms with Crippen LogP contribution in [0.25, 0.3) is 6.08 Å². The smallest absolute Gasteiger partial charge is 0.343 e. The van der Waals surface area contributed by atoms with Gasteiger partial charge in [-0.05, 0) is 48.7 Å². The number of nitrogens with zero attached hydrogens (tertiary/aromatic N) is 1. The molecule has 0 saturated carbocycles. The molecule has 160 valence electrons. The molecule has 2 aromatic rings. The van der Waals surface area contributed by atoms with E-state index in [9.17, 15) is 9.59 Å². The van der Waals surface area contributed by atoms with Gasteiger partial charge in [0.15, 0.2) is 11.5 Å². The molecule has 2 aromatic carbocycles. The Morgan fingerprint density at radius 2 is 2.06 bits per heavy atom. The summed E-state index contributed by atoms with van der Waals surface area (Å²) in [5.41, 5.74) is 1.19. The summed E-state index contributed by atoms with van der Waals surface area (Å²) in [6.45, 7) is 1.22. The second-order valence-electron chi connectivity index (χ2n) is 7.09. The molecule has 6 nitrogen and oxygen atoms in total. The Hall–Kier alpha value is -2.68. The normalized spacial score (nSPS) is 19.8. The molecule has 0 radical (unpaired) electrons. The van der Waals surface area contributed by atoms with E-state index in [1.165, 1.54) is 18.9 Å². The summed E-state index contributed by atoms with van der Waals surface area (Å²) < 4.78 is 17.0. The molecule has 1 amide bonds. The van der Waals surface area contributed by atoms with Crippen molar-refractivity contribution in [3.05, 3.63) is 64.6 Å². The van der Waals surface area contributed by atoms with E-state index < -0.39 is 5.97 Å². The maximum atomic E-state index is 12.8. The lowest BCUT2D eigenvalue weighted by molar-refractivity contribution is -0.123. The number of amides is 1. The van der Waals surface area contributed by atoms with E-state index in [-0.39, 0.29) is 12.0 Å². The van der Waals surface area contributed by atoms with Crippen molar-refractivity contribution < 1.29 is 23.8 Å². The van der Waals surface area contributed by atoms with Crippen LogP contribution in [0.4, 0.5) is 0 Å². The van der Waals surface area contributed by atoms with E-state index in [1.54, 1.807) is 53.4 Å². The van der Waals surface area contributed by atoms with Crippen LogP contribution in [0.15, 0.2) is 53.4 Å². The van der Waals surface area contributed by atoms with Crippen molar-refractivity contribution in [2.24, 2.45) is 0 Å². The number of thioether (sulfide) groups is 1. The summed E-state index contributed by atoms with van der Waals surface area (Å²) >= 11 is 6.67. The lowest BCUT2D eigenvalue weighted by atomic mass is 10.1. The Labute approximate surface area is 190 Å². The summed E-state index contributed by atoms with van der Waals surface area (Å²) in [5, 5.41) is 0. The number of carbonyl (C=O) groups is 2. The predicted octanol–water partition coefficient (Wildman–Crippen LogP) is 4.29. The van der Waals surface area contributed by atoms with E-state index in [0.717, 1.165) is 25.0 Å². The number of esters is 1. The Balaban J connectivity index is 1.49. The van der Waals surface area contributed by atoms with Crippen LogP contribution in [0.3, 0.4) is 0 Å². The van der Waals surface area contributed by atoms with Gasteiger partial charge in [-0.3, -0.25) is 9.69 Å². The van der Waals surface area contributed by atoms with Gasteiger partial charge in [-0.15, -0.1) is 0 Å². The second-order valence-corrected chi connectivity index (χ2v) is 8.77. The lowest BCUT2D eigenvalue weighted by Gasteiger charge is -2.18. The fourth-order valence-corrected chi connectivity index (χ4v) is 4.67. The van der Waals surface area contributed by atoms with E-state index in [1.807, 2.05) is 6.07 Å². The molecule has 2 aliphatic heterocycles. The first kappa shape index (κ1) is 21.5. The summed E-state index contributed by atoms with van der Waals surface area (Å²) in [6.07, 6.45) is 3.76. The van der Waals surface area contributed by atoms with Crippen LogP contribution in [0.5, 0.6) is 11.5 Å². The maximum Gasteiger partial charge on any atom is 0.343 e. The molecule has 0 spiro atoms. The number of ether oxygens (including phenoxy) is 3. The van der Waals surface area contributed by atoms with Crippen molar-refractivity contribution in [3.63, 3.8) is 0 Å². The molecule has 0 aromatic heterocycles. The van der Waals surface area contributed by atoms with Crippen LogP contribution < -0.4 is 9.47 Å². The Bertz CT molecular complexity index is 1030. The lowest BCUT2D eigenvalue weighted by Crippen LogP contribution is -2.35. The number of rotatable bonds is 6. The second kappa shape index (κ2) is 9.64. The summed E-state index contributed by atoms with van der Waals surface area (Å²) in [7, 11) is 1.50. The standard InChI is InChI=1S/C23H21NO5S2/c1-27-19-12-15(9-10-18(19)29-22(26)16-6-3-2-4-7-16)13-20-21(25)24(23(30)31-20)14-17-8-5-11-28-17/h2-4,6-7,9-10,12-13,17H,5,8,11,14H2,1H3/b20-13+/t17-/m1/s1. The van der Waals surface area contributed by atoms with Crippen LogP contribution in [0.2, 0.25) is 0 Å². The number of benzene rings is 2. The molecular formula is C23H21NO5S2. The first-order chi connectivity index (χ1) is 15.0. The van der Waals surface area contributed by atoms with Crippen molar-refractivity contribution in [2.45, 2.75) is 18.9 Å². The highest BCUT2D eigenvalue weighted by atomic mass is 32.2. The summed E-state index contributed by atoms with van der Waals surface area (Å²) in [4.78, 5) is 27.3. The maximum absolute atomic E-state index is 12.8. The molecule has 0 bridgehead atoms. The third kappa shape index (κ3) is 4.98. The highest BCUT2D eigenvalue weighted by Crippen LogP contribution is 2.35. The fourth-order valence-electron chi connectivity index (χ4n) is 3.39. The molecule has 2 saturated heterocycles. The van der Waals surface area contributed by atoms with Gasteiger partial charge in [0.25, 0.3) is 5.91 Å². The van der Waals surface area contributed by atoms with Crippen molar-refractivity contribution >= 4 is 46.3 Å². The number of thiocarbonyl (C=S) groups is 1. The van der Waals surface area contributed by atoms with Gasteiger partial charge in [0.1, 0.15) is 4.32 Å². The van der Waals surface area contributed by atoms with Gasteiger partial charge in [-0.1, -0.05) is 48.2 Å². The highest BCUT2D eigenvalue weighted by molar-refractivity contribution is 8.26. The molecule has 4 rings (SSSR count). The minimum absolute atomic E-state index is 0.0422. The van der Waals surface area contributed by atoms with Crippen molar-refractivity contribution in [1.29, 1.82) is 0 Å². The Morgan fingerprint density at radius 3 is 2.77 bits per heavy atom. The van der Waals surface area contributed by atoms with Gasteiger partial charge in [-0.2, -0.15) is 0 Å². The minimum Gasteiger partial charge on any atom is -0.493 e. The SMILES string of the molecule is COc1cc(/C=C2/SC(=S)N(C[C@H]3CCCO3)C2=O)ccc1OC(=O)c1ccccc1. The fraction of sp³-hybridized carbons (Fsp3) is 0.261. The van der Waals surface area contributed by atoms with E-state index in [0.29, 0.717) is 32.8 Å². The topological polar surface area (TPSA) is 65.1 Å². The van der Waals surface area contributed by atoms with Crippen LogP contribution in [-0.4, -0.2) is 47.5 Å². The van der Waals surface area contributed by atoms with Crippen LogP contribution in [0.1, 0.15) is 28.8 Å². The summed E-state index contributed by atoms with van der Waals surface area (Å²) in [5.74, 6) is 0.109. The Kier molecular flexibility index (Phi) is 6.70. The van der Waals surface area contributed by atoms with E-state index in [4.69, 9.17) is 26.4 Å². The average Bonchev–Trinajstić information content (AvgIpc) is 3.39. The molecule has 31 heavy (non-hydrogen) atoms. The number of hydrogen-bond donors (Lipinski definition) is 0. The van der Waals surface area contributed by atoms with Crippen molar-refractivity contribution in [1.82, 2.24) is 4.90 Å². The number of methoxy groups -OCH3 is 1. The van der Waals surface area contributed by atoms with Crippen molar-refractivity contribution in [3.8, 4) is 11.5 Å². The monoisotopic (exact) mass is 455 g/mol. The molecule has 0 N–H and O–H groups in total. The zero-order chi connectivity index (χ0) is 21.8. The Morgan fingerprint density at radius 1 is 1.26 bits per heavy atom. The summed E-state index contributed by atoms with van der Waals surface area (Å²) in [6, 6.07) is 13.9. The van der Waals surface area contributed by atoms with Gasteiger partial charge >= 0.3 is 5.97 Å². The van der Waals surface area contributed by atoms with Crippen LogP contribution in [-0.2, 0) is 9.53 Å². The van der Waals surface area contributed by atoms with Crippen LogP contribution >= 0.6 is 24.0 Å². The van der Waals surface area contributed by atoms with Gasteiger partial charge in [0.05, 0.1) is 30.2 Å². The molecule has 2 aliphatic rings. The van der Waals surface area contributed by atoms with Crippen molar-refractivity contribution in [2.75, 3.05) is 20.3 Å². The van der Waals surface area contributed by atoms with E-state index in [2.05, 4.69) is 0 Å². The third-order valence-corrected chi connectivity index (χ3v) is 6.36. The first-order valence-corrected chi connectivity index (χ1v) is 11.1. The number of hydrogen-bond acceptors (Lipinski definition) is 7. The number of carbonyl (C=O) groups excluding carboxylic acids is 2. The largest absolute Gasteiger partial charge is 0.493 e. The molecule has 2 fully saturated rings. The molecule has 8 heteroatoms. The molecule has 1 atom stereocenters. The van der Waals surface area contributed by atoms with Gasteiger partial charge < -0.3 is 14.2 Å². The average molecular weight is 456 g/mol. The highest BCUT2D eigenvalue weighted by Gasteiger charge is 2.34. The van der Waals surface area contributed by atoms with E-state index >= 15 is 0 Å². The zero-order valence-corrected chi connectivity index (χ0v) is 18.5. The van der Waals surface area contributed by atoms with Gasteiger partial charge in [0.2, 0.25) is 0 Å². The van der Waals surface area contributed by atoms with Gasteiger partial charge in [0, 0.05) is 6.61 Å². The molecule has 0 unspecified atom stereocenters. The van der Waals surface area contributed by atoms with Gasteiger partial charge in [-0.25, -0.2) is 4.79 Å². The van der Waals surface area contributed by atoms with Crippen LogP contribution in [0, 0.1) is 0 Å².